The van der Waals surface area contributed by atoms with Crippen molar-refractivity contribution in [2.75, 3.05) is 18.0 Å². The Morgan fingerprint density at radius 1 is 1.00 bits per heavy atom. The van der Waals surface area contributed by atoms with Gasteiger partial charge < -0.3 is 14.0 Å². The van der Waals surface area contributed by atoms with E-state index in [0.717, 1.165) is 37.3 Å². The lowest BCUT2D eigenvalue weighted by Gasteiger charge is -2.30. The molecule has 2 aromatic heterocycles. The van der Waals surface area contributed by atoms with Crippen molar-refractivity contribution in [1.82, 2.24) is 24.9 Å². The van der Waals surface area contributed by atoms with Gasteiger partial charge in [-0.2, -0.15) is 4.98 Å². The molecule has 1 saturated carbocycles. The summed E-state index contributed by atoms with van der Waals surface area (Å²) in [6, 6.07) is 10.5. The van der Waals surface area contributed by atoms with E-state index in [2.05, 4.69) is 29.8 Å². The first-order valence-electron chi connectivity index (χ1n) is 8.92. The Balaban J connectivity index is 1.27. The monoisotopic (exact) mass is 336 g/mol. The molecule has 1 aliphatic carbocycles. The average Bonchev–Trinajstić information content (AvgIpc) is 3.20. The van der Waals surface area contributed by atoms with Crippen LogP contribution in [0.4, 0.5) is 5.95 Å². The van der Waals surface area contributed by atoms with E-state index in [9.17, 15) is 0 Å². The summed E-state index contributed by atoms with van der Waals surface area (Å²) in [7, 11) is 0. The number of anilines is 1. The first-order valence-corrected chi connectivity index (χ1v) is 8.92. The van der Waals surface area contributed by atoms with Crippen LogP contribution < -0.4 is 4.90 Å². The van der Waals surface area contributed by atoms with Crippen LogP contribution in [0.2, 0.25) is 0 Å². The maximum Gasteiger partial charge on any atom is 0.266 e. The van der Waals surface area contributed by atoms with Crippen molar-refractivity contribution < 1.29 is 4.52 Å². The summed E-state index contributed by atoms with van der Waals surface area (Å²) < 4.78 is 7.71. The number of aromatic nitrogens is 5. The van der Waals surface area contributed by atoms with Gasteiger partial charge in [-0.15, -0.1) is 10.2 Å². The van der Waals surface area contributed by atoms with Gasteiger partial charge in [0.05, 0.1) is 0 Å². The fraction of sp³-hybridized carbons (Fsp3) is 0.444. The summed E-state index contributed by atoms with van der Waals surface area (Å²) in [5.74, 6) is 2.88. The molecule has 0 radical (unpaired) electrons. The number of hydrogen-bond acceptors (Lipinski definition) is 6. The van der Waals surface area contributed by atoms with Gasteiger partial charge in [0.2, 0.25) is 0 Å². The van der Waals surface area contributed by atoms with Crippen LogP contribution in [-0.4, -0.2) is 38.0 Å². The van der Waals surface area contributed by atoms with Crippen molar-refractivity contribution in [1.29, 1.82) is 0 Å². The van der Waals surface area contributed by atoms with Crippen molar-refractivity contribution in [3.05, 3.63) is 42.5 Å². The van der Waals surface area contributed by atoms with Gasteiger partial charge in [-0.3, -0.25) is 0 Å². The molecular weight excluding hydrogens is 316 g/mol. The zero-order valence-electron chi connectivity index (χ0n) is 14.0. The van der Waals surface area contributed by atoms with Gasteiger partial charge in [-0.05, 0) is 43.0 Å². The minimum absolute atomic E-state index is 0.472. The van der Waals surface area contributed by atoms with E-state index in [1.807, 2.05) is 36.7 Å². The summed E-state index contributed by atoms with van der Waals surface area (Å²) >= 11 is 0. The molecule has 7 heteroatoms. The second kappa shape index (κ2) is 5.98. The Bertz CT molecular complexity index is 845. The van der Waals surface area contributed by atoms with Gasteiger partial charge in [0.15, 0.2) is 0 Å². The molecule has 1 aromatic carbocycles. The maximum absolute atomic E-state index is 5.43. The number of rotatable bonds is 4. The van der Waals surface area contributed by atoms with E-state index in [1.54, 1.807) is 0 Å². The van der Waals surface area contributed by atoms with Crippen LogP contribution in [0.5, 0.6) is 0 Å². The molecule has 7 nitrogen and oxygen atoms in total. The van der Waals surface area contributed by atoms with Crippen LogP contribution in [0.25, 0.3) is 11.5 Å². The third kappa shape index (κ3) is 2.79. The average molecular weight is 336 g/mol. The first kappa shape index (κ1) is 14.6. The second-order valence-corrected chi connectivity index (χ2v) is 6.85. The van der Waals surface area contributed by atoms with E-state index >= 15 is 0 Å². The first-order chi connectivity index (χ1) is 12.4. The van der Waals surface area contributed by atoms with Crippen molar-refractivity contribution in [2.45, 2.75) is 37.6 Å². The molecule has 3 aromatic rings. The minimum Gasteiger partial charge on any atom is -0.338 e. The molecule has 0 spiro atoms. The summed E-state index contributed by atoms with van der Waals surface area (Å²) in [6.45, 7) is 1.83. The lowest BCUT2D eigenvalue weighted by atomic mass is 9.96. The largest absolute Gasteiger partial charge is 0.338 e. The fourth-order valence-corrected chi connectivity index (χ4v) is 3.56. The molecule has 1 aliphatic heterocycles. The van der Waals surface area contributed by atoms with Crippen LogP contribution >= 0.6 is 0 Å². The highest BCUT2D eigenvalue weighted by molar-refractivity contribution is 5.54. The van der Waals surface area contributed by atoms with Crippen LogP contribution in [0.1, 0.15) is 43.5 Å². The Morgan fingerprint density at radius 2 is 1.80 bits per heavy atom. The van der Waals surface area contributed by atoms with Crippen LogP contribution in [0, 0.1) is 0 Å². The standard InChI is InChI=1S/C18H20N6O/c1-2-4-14(5-3-1)17-20-18(22-25-17)23-10-8-13(9-11-23)16-21-19-12-24(16)15-6-7-15/h1-5,12-13,15H,6-11H2. The zero-order chi connectivity index (χ0) is 16.6. The van der Waals surface area contributed by atoms with Crippen LogP contribution in [-0.2, 0) is 0 Å². The summed E-state index contributed by atoms with van der Waals surface area (Å²) in [5, 5.41) is 12.7. The molecule has 3 heterocycles. The summed E-state index contributed by atoms with van der Waals surface area (Å²) in [5.41, 5.74) is 0.952. The molecule has 5 rings (SSSR count). The lowest BCUT2D eigenvalue weighted by Crippen LogP contribution is -2.34. The summed E-state index contributed by atoms with van der Waals surface area (Å²) in [4.78, 5) is 6.76. The third-order valence-electron chi connectivity index (χ3n) is 5.12. The predicted molar refractivity (Wildman–Crippen MR) is 92.2 cm³/mol. The molecule has 2 fully saturated rings. The Morgan fingerprint density at radius 3 is 2.56 bits per heavy atom. The van der Waals surface area contributed by atoms with Crippen LogP contribution in [0.15, 0.2) is 41.2 Å². The van der Waals surface area contributed by atoms with Crippen molar-refractivity contribution >= 4 is 5.95 Å². The van der Waals surface area contributed by atoms with Gasteiger partial charge in [0.1, 0.15) is 12.2 Å². The van der Waals surface area contributed by atoms with Gasteiger partial charge in [0.25, 0.3) is 11.8 Å². The molecule has 0 amide bonds. The van der Waals surface area contributed by atoms with Crippen molar-refractivity contribution in [3.63, 3.8) is 0 Å². The second-order valence-electron chi connectivity index (χ2n) is 6.85. The van der Waals surface area contributed by atoms with Crippen LogP contribution in [0.3, 0.4) is 0 Å². The van der Waals surface area contributed by atoms with E-state index in [-0.39, 0.29) is 0 Å². The number of nitrogens with zero attached hydrogens (tertiary/aromatic N) is 6. The number of benzene rings is 1. The minimum atomic E-state index is 0.472. The highest BCUT2D eigenvalue weighted by Crippen LogP contribution is 2.38. The molecule has 0 unspecified atom stereocenters. The van der Waals surface area contributed by atoms with E-state index in [4.69, 9.17) is 4.52 Å². The van der Waals surface area contributed by atoms with Gasteiger partial charge in [-0.25, -0.2) is 0 Å². The number of hydrogen-bond donors (Lipinski definition) is 0. The quantitative estimate of drug-likeness (QED) is 0.729. The Kier molecular flexibility index (Phi) is 3.50. The molecule has 2 aliphatic rings. The molecule has 25 heavy (non-hydrogen) atoms. The molecule has 128 valence electrons. The molecular formula is C18H20N6O. The molecule has 0 atom stereocenters. The van der Waals surface area contributed by atoms with Crippen molar-refractivity contribution in [3.8, 4) is 11.5 Å². The normalized spacial score (nSPS) is 18.6. The highest BCUT2D eigenvalue weighted by Gasteiger charge is 2.31. The van der Waals surface area contributed by atoms with Gasteiger partial charge in [0, 0.05) is 30.6 Å². The third-order valence-corrected chi connectivity index (χ3v) is 5.12. The number of piperidine rings is 1. The highest BCUT2D eigenvalue weighted by atomic mass is 16.5. The maximum atomic E-state index is 5.43. The van der Waals surface area contributed by atoms with E-state index in [0.29, 0.717) is 23.8 Å². The Labute approximate surface area is 145 Å². The SMILES string of the molecule is c1ccc(-c2nc(N3CCC(c4nncn4C4CC4)CC3)no2)cc1. The molecule has 1 saturated heterocycles. The molecule has 0 bridgehead atoms. The van der Waals surface area contributed by atoms with Crippen molar-refractivity contribution in [2.24, 2.45) is 0 Å². The Hall–Kier alpha value is -2.70. The topological polar surface area (TPSA) is 72.9 Å². The predicted octanol–water partition coefficient (Wildman–Crippen LogP) is 3.05. The molecule has 0 N–H and O–H groups in total. The smallest absolute Gasteiger partial charge is 0.266 e. The van der Waals surface area contributed by atoms with Gasteiger partial charge in [-0.1, -0.05) is 18.2 Å². The summed E-state index contributed by atoms with van der Waals surface area (Å²) in [6.07, 6.45) is 6.50. The van der Waals surface area contributed by atoms with Gasteiger partial charge >= 0.3 is 0 Å². The zero-order valence-corrected chi connectivity index (χ0v) is 14.0. The lowest BCUT2D eigenvalue weighted by molar-refractivity contribution is 0.419. The van der Waals surface area contributed by atoms with E-state index < -0.39 is 0 Å². The van der Waals surface area contributed by atoms with E-state index in [1.165, 1.54) is 12.8 Å². The fourth-order valence-electron chi connectivity index (χ4n) is 3.56.